The lowest BCUT2D eigenvalue weighted by molar-refractivity contribution is 0.0907. The second-order valence-electron chi connectivity index (χ2n) is 6.53. The Labute approximate surface area is 129 Å². The number of hydrogen-bond donors (Lipinski definition) is 1. The molecule has 1 saturated heterocycles. The third kappa shape index (κ3) is 3.62. The van der Waals surface area contributed by atoms with Gasteiger partial charge in [-0.2, -0.15) is 0 Å². The van der Waals surface area contributed by atoms with Crippen LogP contribution in [-0.4, -0.2) is 52.5 Å². The van der Waals surface area contributed by atoms with Crippen LogP contribution in [0.2, 0.25) is 0 Å². The van der Waals surface area contributed by atoms with E-state index in [0.29, 0.717) is 6.04 Å². The summed E-state index contributed by atoms with van der Waals surface area (Å²) in [6.07, 6.45) is 1.15. The third-order valence-electron chi connectivity index (χ3n) is 4.82. The largest absolute Gasteiger partial charge is 0.329 e. The molecule has 21 heavy (non-hydrogen) atoms. The third-order valence-corrected chi connectivity index (χ3v) is 4.82. The molecule has 118 valence electrons. The van der Waals surface area contributed by atoms with Crippen molar-refractivity contribution in [3.8, 4) is 0 Å². The number of likely N-dealkylation sites (tertiary alicyclic amines) is 1. The Bertz CT molecular complexity index is 460. The van der Waals surface area contributed by atoms with Gasteiger partial charge in [0, 0.05) is 43.5 Å². The number of aromatic nitrogens is 1. The van der Waals surface area contributed by atoms with Gasteiger partial charge < -0.3 is 5.73 Å². The normalized spacial score (nSPS) is 23.4. The van der Waals surface area contributed by atoms with Crippen molar-refractivity contribution in [3.63, 3.8) is 0 Å². The van der Waals surface area contributed by atoms with E-state index in [0.717, 1.165) is 50.5 Å². The van der Waals surface area contributed by atoms with E-state index in [2.05, 4.69) is 60.7 Å². The van der Waals surface area contributed by atoms with Gasteiger partial charge in [0.25, 0.3) is 0 Å². The lowest BCUT2D eigenvalue weighted by atomic mass is 9.95. The smallest absolute Gasteiger partial charge is 0.0547 e. The first-order valence-electron chi connectivity index (χ1n) is 8.12. The van der Waals surface area contributed by atoms with Crippen LogP contribution in [0.1, 0.15) is 38.6 Å². The highest BCUT2D eigenvalue weighted by Crippen LogP contribution is 2.29. The molecule has 2 heterocycles. The highest BCUT2D eigenvalue weighted by atomic mass is 15.3. The molecule has 4 heteroatoms. The Balaban J connectivity index is 2.15. The van der Waals surface area contributed by atoms with E-state index in [-0.39, 0.29) is 5.54 Å². The van der Waals surface area contributed by atoms with Crippen LogP contribution in [-0.2, 0) is 6.54 Å². The molecule has 0 amide bonds. The molecule has 1 aliphatic rings. The second-order valence-corrected chi connectivity index (χ2v) is 6.53. The number of hydrogen-bond acceptors (Lipinski definition) is 4. The van der Waals surface area contributed by atoms with Crippen LogP contribution in [0.5, 0.6) is 0 Å². The van der Waals surface area contributed by atoms with Crippen molar-refractivity contribution in [2.24, 2.45) is 5.73 Å². The minimum atomic E-state index is 0.102. The number of rotatable bonds is 6. The van der Waals surface area contributed by atoms with E-state index >= 15 is 0 Å². The highest BCUT2D eigenvalue weighted by Gasteiger charge is 2.42. The molecule has 1 atom stereocenters. The molecule has 2 N–H and O–H groups in total. The van der Waals surface area contributed by atoms with E-state index in [1.165, 1.54) is 0 Å². The van der Waals surface area contributed by atoms with E-state index < -0.39 is 0 Å². The number of aryl methyl sites for hydroxylation is 1. The summed E-state index contributed by atoms with van der Waals surface area (Å²) in [5, 5.41) is 0. The van der Waals surface area contributed by atoms with Gasteiger partial charge >= 0.3 is 0 Å². The van der Waals surface area contributed by atoms with Gasteiger partial charge in [-0.25, -0.2) is 0 Å². The van der Waals surface area contributed by atoms with Crippen molar-refractivity contribution in [2.75, 3.05) is 26.2 Å². The lowest BCUT2D eigenvalue weighted by Gasteiger charge is -2.40. The number of pyridine rings is 1. The Morgan fingerprint density at radius 3 is 2.71 bits per heavy atom. The van der Waals surface area contributed by atoms with Gasteiger partial charge in [-0.1, -0.05) is 13.0 Å². The predicted molar refractivity (Wildman–Crippen MR) is 88.2 cm³/mol. The van der Waals surface area contributed by atoms with Gasteiger partial charge in [0.2, 0.25) is 0 Å². The SMILES string of the molecule is CCN(Cc1cccc(C)n1)C1(CN)CCN(C(C)C)C1. The summed E-state index contributed by atoms with van der Waals surface area (Å²) in [5.74, 6) is 0. The van der Waals surface area contributed by atoms with Crippen molar-refractivity contribution in [1.29, 1.82) is 0 Å². The van der Waals surface area contributed by atoms with Crippen LogP contribution >= 0.6 is 0 Å². The minimum absolute atomic E-state index is 0.102. The maximum Gasteiger partial charge on any atom is 0.0547 e. The zero-order valence-electron chi connectivity index (χ0n) is 14.0. The molecular weight excluding hydrogens is 260 g/mol. The molecular formula is C17H30N4. The average Bonchev–Trinajstić information content (AvgIpc) is 2.91. The molecule has 1 fully saturated rings. The maximum absolute atomic E-state index is 6.20. The summed E-state index contributed by atoms with van der Waals surface area (Å²) in [6, 6.07) is 6.86. The molecule has 0 aromatic carbocycles. The van der Waals surface area contributed by atoms with Crippen LogP contribution < -0.4 is 5.73 Å². The monoisotopic (exact) mass is 290 g/mol. The summed E-state index contributed by atoms with van der Waals surface area (Å²) in [6.45, 7) is 13.7. The molecule has 1 aliphatic heterocycles. The minimum Gasteiger partial charge on any atom is -0.329 e. The maximum atomic E-state index is 6.20. The fourth-order valence-corrected chi connectivity index (χ4v) is 3.38. The zero-order chi connectivity index (χ0) is 15.5. The van der Waals surface area contributed by atoms with E-state index in [4.69, 9.17) is 5.73 Å². The van der Waals surface area contributed by atoms with Crippen molar-refractivity contribution >= 4 is 0 Å². The molecule has 2 rings (SSSR count). The second kappa shape index (κ2) is 6.86. The quantitative estimate of drug-likeness (QED) is 0.870. The van der Waals surface area contributed by atoms with E-state index in [1.54, 1.807) is 0 Å². The van der Waals surface area contributed by atoms with Crippen LogP contribution in [0, 0.1) is 6.92 Å². The first-order valence-corrected chi connectivity index (χ1v) is 8.12. The average molecular weight is 290 g/mol. The standard InChI is InChI=1S/C17H30N4/c1-5-21(11-16-8-6-7-15(4)19-16)17(12-18)9-10-20(13-17)14(2)3/h6-8,14H,5,9-13,18H2,1-4H3. The Hall–Kier alpha value is -0.970. The van der Waals surface area contributed by atoms with Gasteiger partial charge in [-0.05, 0) is 45.9 Å². The van der Waals surface area contributed by atoms with Crippen molar-refractivity contribution < 1.29 is 0 Å². The fourth-order valence-electron chi connectivity index (χ4n) is 3.38. The number of nitrogens with two attached hydrogens (primary N) is 1. The molecule has 4 nitrogen and oxygen atoms in total. The number of nitrogens with zero attached hydrogens (tertiary/aromatic N) is 3. The first-order chi connectivity index (χ1) is 10.0. The van der Waals surface area contributed by atoms with Crippen LogP contribution in [0.15, 0.2) is 18.2 Å². The van der Waals surface area contributed by atoms with E-state index in [1.807, 2.05) is 0 Å². The molecule has 0 saturated carbocycles. The van der Waals surface area contributed by atoms with Gasteiger partial charge in [0.1, 0.15) is 0 Å². The molecule has 0 spiro atoms. The molecule has 0 radical (unpaired) electrons. The summed E-state index contributed by atoms with van der Waals surface area (Å²) >= 11 is 0. The predicted octanol–water partition coefficient (Wildman–Crippen LogP) is 2.02. The van der Waals surface area contributed by atoms with Crippen LogP contribution in [0.4, 0.5) is 0 Å². The Morgan fingerprint density at radius 1 is 1.43 bits per heavy atom. The van der Waals surface area contributed by atoms with Crippen LogP contribution in [0.3, 0.4) is 0 Å². The van der Waals surface area contributed by atoms with Crippen LogP contribution in [0.25, 0.3) is 0 Å². The summed E-state index contributed by atoms with van der Waals surface area (Å²) in [4.78, 5) is 9.72. The highest BCUT2D eigenvalue weighted by molar-refractivity contribution is 5.11. The fraction of sp³-hybridized carbons (Fsp3) is 0.706. The lowest BCUT2D eigenvalue weighted by Crippen LogP contribution is -2.55. The van der Waals surface area contributed by atoms with Gasteiger partial charge in [-0.15, -0.1) is 0 Å². The Morgan fingerprint density at radius 2 is 2.19 bits per heavy atom. The molecule has 1 aromatic rings. The van der Waals surface area contributed by atoms with Gasteiger partial charge in [0.15, 0.2) is 0 Å². The number of likely N-dealkylation sites (N-methyl/N-ethyl adjacent to an activating group) is 1. The van der Waals surface area contributed by atoms with Gasteiger partial charge in [-0.3, -0.25) is 14.8 Å². The summed E-state index contributed by atoms with van der Waals surface area (Å²) in [7, 11) is 0. The zero-order valence-corrected chi connectivity index (χ0v) is 14.0. The van der Waals surface area contributed by atoms with E-state index in [9.17, 15) is 0 Å². The first kappa shape index (κ1) is 16.4. The molecule has 0 bridgehead atoms. The summed E-state index contributed by atoms with van der Waals surface area (Å²) in [5.41, 5.74) is 8.53. The van der Waals surface area contributed by atoms with Crippen molar-refractivity contribution in [2.45, 2.75) is 52.2 Å². The molecule has 0 aliphatic carbocycles. The van der Waals surface area contributed by atoms with Gasteiger partial charge in [0.05, 0.1) is 5.69 Å². The molecule has 1 unspecified atom stereocenters. The topological polar surface area (TPSA) is 45.4 Å². The summed E-state index contributed by atoms with van der Waals surface area (Å²) < 4.78 is 0. The Kier molecular flexibility index (Phi) is 5.36. The molecule has 1 aromatic heterocycles. The van der Waals surface area contributed by atoms with Crippen molar-refractivity contribution in [1.82, 2.24) is 14.8 Å². The van der Waals surface area contributed by atoms with Crippen molar-refractivity contribution in [3.05, 3.63) is 29.6 Å².